The van der Waals surface area contributed by atoms with Crippen LogP contribution in [0.3, 0.4) is 0 Å². The molecule has 0 aromatic carbocycles. The van der Waals surface area contributed by atoms with E-state index in [4.69, 9.17) is 37.0 Å². The molecule has 0 aliphatic rings. The predicted octanol–water partition coefficient (Wildman–Crippen LogP) is 22.1. The number of rotatable bonds is 75. The first-order valence-electron chi connectivity index (χ1n) is 39.1. The van der Waals surface area contributed by atoms with Crippen molar-refractivity contribution in [1.82, 2.24) is 0 Å². The molecular weight excluding hydrogens is 1230 g/mol. The fraction of sp³-hybridized carbons (Fsp3) is 0.947. The number of carbonyl (C=O) groups is 4. The monoisotopic (exact) mass is 1380 g/mol. The first kappa shape index (κ1) is 92.1. The molecule has 0 rings (SSSR count). The Balaban J connectivity index is 5.12. The average molecular weight is 1380 g/mol. The predicted molar refractivity (Wildman–Crippen MR) is 382 cm³/mol. The topological polar surface area (TPSA) is 237 Å². The van der Waals surface area contributed by atoms with E-state index in [1.165, 1.54) is 212 Å². The van der Waals surface area contributed by atoms with Gasteiger partial charge in [0.25, 0.3) is 0 Å². The molecule has 3 N–H and O–H groups in total. The van der Waals surface area contributed by atoms with Gasteiger partial charge in [0, 0.05) is 25.7 Å². The Bertz CT molecular complexity index is 1810. The van der Waals surface area contributed by atoms with Crippen molar-refractivity contribution < 1.29 is 80.2 Å². The van der Waals surface area contributed by atoms with Gasteiger partial charge in [-0.15, -0.1) is 0 Å². The minimum absolute atomic E-state index is 0.105. The number of phosphoric ester groups is 2. The van der Waals surface area contributed by atoms with Crippen molar-refractivity contribution in [1.29, 1.82) is 0 Å². The lowest BCUT2D eigenvalue weighted by Crippen LogP contribution is -2.30. The smallest absolute Gasteiger partial charge is 0.462 e. The summed E-state index contributed by atoms with van der Waals surface area (Å²) < 4.78 is 68.3. The Morgan fingerprint density at radius 1 is 0.287 bits per heavy atom. The van der Waals surface area contributed by atoms with Crippen LogP contribution in [0.25, 0.3) is 0 Å². The third-order valence-electron chi connectivity index (χ3n) is 17.5. The number of hydrogen-bond donors (Lipinski definition) is 3. The lowest BCUT2D eigenvalue weighted by atomic mass is 10.0. The Labute approximate surface area is 575 Å². The normalized spacial score (nSPS) is 14.0. The van der Waals surface area contributed by atoms with Crippen molar-refractivity contribution in [3.63, 3.8) is 0 Å². The quantitative estimate of drug-likeness (QED) is 0.0222. The molecule has 2 unspecified atom stereocenters. The van der Waals surface area contributed by atoms with Crippen LogP contribution in [0, 0.1) is 5.92 Å². The lowest BCUT2D eigenvalue weighted by Gasteiger charge is -2.21. The maximum Gasteiger partial charge on any atom is 0.472 e. The third-order valence-corrected chi connectivity index (χ3v) is 19.4. The van der Waals surface area contributed by atoms with E-state index in [0.717, 1.165) is 102 Å². The Kier molecular flexibility index (Phi) is 66.8. The van der Waals surface area contributed by atoms with Gasteiger partial charge >= 0.3 is 39.5 Å². The molecule has 0 spiro atoms. The zero-order valence-corrected chi connectivity index (χ0v) is 62.9. The highest BCUT2D eigenvalue weighted by Gasteiger charge is 2.30. The summed E-state index contributed by atoms with van der Waals surface area (Å²) in [6.07, 6.45) is 57.4. The van der Waals surface area contributed by atoms with Gasteiger partial charge in [-0.25, -0.2) is 9.13 Å². The van der Waals surface area contributed by atoms with Gasteiger partial charge in [-0.3, -0.25) is 37.3 Å². The van der Waals surface area contributed by atoms with Gasteiger partial charge in [-0.05, 0) is 31.6 Å². The van der Waals surface area contributed by atoms with Crippen LogP contribution in [-0.4, -0.2) is 96.7 Å². The van der Waals surface area contributed by atoms with Gasteiger partial charge in [0.1, 0.15) is 19.3 Å². The van der Waals surface area contributed by atoms with E-state index >= 15 is 0 Å². The molecule has 0 amide bonds. The molecule has 0 heterocycles. The molecular formula is C75H146O17P2. The fourth-order valence-electron chi connectivity index (χ4n) is 11.5. The van der Waals surface area contributed by atoms with Gasteiger partial charge in [-0.1, -0.05) is 343 Å². The number of unbranched alkanes of at least 4 members (excludes halogenated alkanes) is 47. The number of esters is 4. The maximum atomic E-state index is 13.1. The van der Waals surface area contributed by atoms with Crippen molar-refractivity contribution in [2.24, 2.45) is 5.92 Å². The van der Waals surface area contributed by atoms with Crippen LogP contribution in [0.5, 0.6) is 0 Å². The van der Waals surface area contributed by atoms with Crippen LogP contribution >= 0.6 is 15.6 Å². The zero-order chi connectivity index (χ0) is 69.1. The number of aliphatic hydroxyl groups is 1. The number of aliphatic hydroxyl groups excluding tert-OH is 1. The Hall–Kier alpha value is -1.94. The van der Waals surface area contributed by atoms with Gasteiger partial charge in [0.15, 0.2) is 12.2 Å². The minimum Gasteiger partial charge on any atom is -0.462 e. The van der Waals surface area contributed by atoms with E-state index in [1.54, 1.807) is 0 Å². The van der Waals surface area contributed by atoms with Crippen LogP contribution in [0.2, 0.25) is 0 Å². The minimum atomic E-state index is -4.95. The lowest BCUT2D eigenvalue weighted by molar-refractivity contribution is -0.161. The highest BCUT2D eigenvalue weighted by atomic mass is 31.2. The number of phosphoric acid groups is 2. The molecule has 17 nitrogen and oxygen atoms in total. The summed E-state index contributed by atoms with van der Waals surface area (Å²) >= 11 is 0. The van der Waals surface area contributed by atoms with Crippen molar-refractivity contribution in [3.05, 3.63) is 0 Å². The van der Waals surface area contributed by atoms with Gasteiger partial charge in [-0.2, -0.15) is 0 Å². The van der Waals surface area contributed by atoms with Crippen LogP contribution in [0.1, 0.15) is 394 Å². The molecule has 0 aliphatic heterocycles. The molecule has 19 heteroatoms. The summed E-state index contributed by atoms with van der Waals surface area (Å²) in [4.78, 5) is 72.5. The summed E-state index contributed by atoms with van der Waals surface area (Å²) in [5.74, 6) is -1.37. The van der Waals surface area contributed by atoms with E-state index < -0.39 is 97.5 Å². The second kappa shape index (κ2) is 68.2. The summed E-state index contributed by atoms with van der Waals surface area (Å²) in [6.45, 7) is 7.18. The first-order valence-corrected chi connectivity index (χ1v) is 42.1. The Morgan fingerprint density at radius 2 is 0.489 bits per heavy atom. The first-order chi connectivity index (χ1) is 45.5. The molecule has 0 saturated heterocycles. The average Bonchev–Trinajstić information content (AvgIpc) is 2.48. The van der Waals surface area contributed by atoms with Crippen molar-refractivity contribution in [3.8, 4) is 0 Å². The van der Waals surface area contributed by atoms with Gasteiger partial charge in [0.2, 0.25) is 0 Å². The van der Waals surface area contributed by atoms with Crippen molar-refractivity contribution >= 4 is 39.5 Å². The molecule has 0 aromatic heterocycles. The molecule has 0 aliphatic carbocycles. The van der Waals surface area contributed by atoms with E-state index in [1.807, 2.05) is 0 Å². The van der Waals surface area contributed by atoms with E-state index in [9.17, 15) is 43.2 Å². The van der Waals surface area contributed by atoms with Gasteiger partial charge in [0.05, 0.1) is 26.4 Å². The number of carbonyl (C=O) groups excluding carboxylic acids is 4. The van der Waals surface area contributed by atoms with Crippen LogP contribution in [0.15, 0.2) is 0 Å². The summed E-state index contributed by atoms with van der Waals surface area (Å²) in [5, 5.41) is 10.6. The second-order valence-corrected chi connectivity index (χ2v) is 30.4. The molecule has 0 fully saturated rings. The summed E-state index contributed by atoms with van der Waals surface area (Å²) in [7, 11) is -9.90. The molecule has 0 radical (unpaired) electrons. The molecule has 94 heavy (non-hydrogen) atoms. The highest BCUT2D eigenvalue weighted by molar-refractivity contribution is 7.47. The molecule has 558 valence electrons. The molecule has 0 aromatic rings. The van der Waals surface area contributed by atoms with E-state index in [-0.39, 0.29) is 25.7 Å². The molecule has 0 saturated carbocycles. The third kappa shape index (κ3) is 68.6. The Morgan fingerprint density at radius 3 is 0.723 bits per heavy atom. The van der Waals surface area contributed by atoms with Crippen LogP contribution in [-0.2, 0) is 65.4 Å². The number of hydrogen-bond acceptors (Lipinski definition) is 15. The van der Waals surface area contributed by atoms with E-state index in [2.05, 4.69) is 34.6 Å². The maximum absolute atomic E-state index is 13.1. The fourth-order valence-corrected chi connectivity index (χ4v) is 13.1. The van der Waals surface area contributed by atoms with Crippen molar-refractivity contribution in [2.45, 2.75) is 412 Å². The van der Waals surface area contributed by atoms with Crippen LogP contribution in [0.4, 0.5) is 0 Å². The molecule has 0 bridgehead atoms. The van der Waals surface area contributed by atoms with Crippen LogP contribution < -0.4 is 0 Å². The summed E-state index contributed by atoms with van der Waals surface area (Å²) in [5.41, 5.74) is 0. The number of ether oxygens (including phenoxy) is 4. The summed E-state index contributed by atoms with van der Waals surface area (Å²) in [6, 6.07) is 0. The standard InChI is InChI=1S/C75H146O17P2/c1-6-9-12-15-17-19-21-23-25-26-27-28-29-30-32-34-36-41-45-50-55-60-75(80)92-71(65-86-73(78)59-54-49-44-40-35-33-31-24-22-20-18-16-13-10-7-2)67-90-94(83,84)88-63-69(76)62-87-93(81,82)89-66-70(64-85-72(77)58-53-47-14-11-8-3)91-74(79)61-56-51-46-42-38-37-39-43-48-52-57-68(4)5/h68-71,76H,6-67H2,1-5H3,(H,81,82)(H,83,84)/t69-,70+,71+/m0/s1. The highest BCUT2D eigenvalue weighted by Crippen LogP contribution is 2.45. The zero-order valence-electron chi connectivity index (χ0n) is 61.1. The van der Waals surface area contributed by atoms with Gasteiger partial charge < -0.3 is 33.8 Å². The second-order valence-electron chi connectivity index (χ2n) is 27.5. The molecule has 5 atom stereocenters. The largest absolute Gasteiger partial charge is 0.472 e. The van der Waals surface area contributed by atoms with E-state index in [0.29, 0.717) is 25.7 Å². The van der Waals surface area contributed by atoms with Crippen molar-refractivity contribution in [2.75, 3.05) is 39.6 Å². The SMILES string of the molecule is CCCCCCCCCCCCCCCCCCCCCCCC(=O)O[C@H](COC(=O)CCCCCCCCCCCCCCCCC)COP(=O)(O)OC[C@@H](O)COP(=O)(O)OC[C@@H](COC(=O)CCCCCCC)OC(=O)CCCCCCCCCCCCC(C)C.